The topological polar surface area (TPSA) is 15.3 Å². The number of nitrogens with one attached hydrogen (secondary N) is 1. The highest BCUT2D eigenvalue weighted by Gasteiger charge is 2.40. The second kappa shape index (κ2) is 4.39. The Labute approximate surface area is 99.8 Å². The van der Waals surface area contributed by atoms with Gasteiger partial charge in [-0.3, -0.25) is 4.90 Å². The molecule has 0 aromatic carbocycles. The fourth-order valence-electron chi connectivity index (χ4n) is 2.77. The standard InChI is InChI=1S/C14H24N2/c1-5-12-9-15-13(11-7-8-11)10-16(12)14(3,4)6-2/h2,11-13,15H,5,7-10H2,1,3-4H3. The SMILES string of the molecule is C#CC(C)(C)N1CC(C2CC2)NCC1CC. The van der Waals surface area contributed by atoms with Crippen molar-refractivity contribution < 1.29 is 0 Å². The van der Waals surface area contributed by atoms with Crippen molar-refractivity contribution in [2.75, 3.05) is 13.1 Å². The largest absolute Gasteiger partial charge is 0.311 e. The third-order valence-electron chi connectivity index (χ3n) is 4.18. The van der Waals surface area contributed by atoms with Gasteiger partial charge < -0.3 is 5.32 Å². The minimum absolute atomic E-state index is 0.101. The molecule has 2 unspecified atom stereocenters. The van der Waals surface area contributed by atoms with Gasteiger partial charge in [0.2, 0.25) is 0 Å². The Morgan fingerprint density at radius 2 is 2.12 bits per heavy atom. The molecule has 2 nitrogen and oxygen atoms in total. The zero-order chi connectivity index (χ0) is 11.8. The van der Waals surface area contributed by atoms with Crippen LogP contribution in [0, 0.1) is 18.3 Å². The van der Waals surface area contributed by atoms with Crippen LogP contribution in [0.4, 0.5) is 0 Å². The van der Waals surface area contributed by atoms with E-state index in [1.807, 2.05) is 0 Å². The Kier molecular flexibility index (Phi) is 3.28. The summed E-state index contributed by atoms with van der Waals surface area (Å²) in [5.74, 6) is 3.86. The normalized spacial score (nSPS) is 32.4. The highest BCUT2D eigenvalue weighted by atomic mass is 15.3. The Hall–Kier alpha value is -0.520. The van der Waals surface area contributed by atoms with Crippen LogP contribution in [0.3, 0.4) is 0 Å². The summed E-state index contributed by atoms with van der Waals surface area (Å²) in [7, 11) is 0. The molecule has 0 aromatic rings. The number of piperazine rings is 1. The van der Waals surface area contributed by atoms with Gasteiger partial charge in [-0.1, -0.05) is 12.8 Å². The van der Waals surface area contributed by atoms with Crippen molar-refractivity contribution in [1.29, 1.82) is 0 Å². The minimum Gasteiger partial charge on any atom is -0.311 e. The van der Waals surface area contributed by atoms with Gasteiger partial charge in [0.1, 0.15) is 0 Å². The number of rotatable bonds is 3. The summed E-state index contributed by atoms with van der Waals surface area (Å²) in [4.78, 5) is 2.53. The third-order valence-corrected chi connectivity index (χ3v) is 4.18. The van der Waals surface area contributed by atoms with E-state index in [0.717, 1.165) is 19.0 Å². The molecule has 16 heavy (non-hydrogen) atoms. The molecule has 0 radical (unpaired) electrons. The molecular weight excluding hydrogens is 196 g/mol. The van der Waals surface area contributed by atoms with Gasteiger partial charge in [0.05, 0.1) is 5.54 Å². The molecular formula is C14H24N2. The van der Waals surface area contributed by atoms with E-state index in [1.54, 1.807) is 0 Å². The van der Waals surface area contributed by atoms with Crippen LogP contribution in [-0.4, -0.2) is 35.6 Å². The lowest BCUT2D eigenvalue weighted by atomic mass is 9.95. The number of hydrogen-bond donors (Lipinski definition) is 1. The molecule has 2 rings (SSSR count). The molecule has 0 amide bonds. The Morgan fingerprint density at radius 1 is 1.44 bits per heavy atom. The summed E-state index contributed by atoms with van der Waals surface area (Å²) in [6, 6.07) is 1.27. The van der Waals surface area contributed by atoms with E-state index >= 15 is 0 Å². The van der Waals surface area contributed by atoms with Gasteiger partial charge in [-0.25, -0.2) is 0 Å². The first-order valence-corrected chi connectivity index (χ1v) is 6.56. The summed E-state index contributed by atoms with van der Waals surface area (Å²) in [5.41, 5.74) is -0.101. The van der Waals surface area contributed by atoms with Crippen LogP contribution >= 0.6 is 0 Å². The summed E-state index contributed by atoms with van der Waals surface area (Å²) in [6.07, 6.45) is 9.66. The number of hydrogen-bond acceptors (Lipinski definition) is 2. The molecule has 2 aliphatic rings. The minimum atomic E-state index is -0.101. The molecule has 0 bridgehead atoms. The second-order valence-corrected chi connectivity index (χ2v) is 5.77. The van der Waals surface area contributed by atoms with Gasteiger partial charge in [0.15, 0.2) is 0 Å². The monoisotopic (exact) mass is 220 g/mol. The van der Waals surface area contributed by atoms with Gasteiger partial charge in [-0.15, -0.1) is 6.42 Å². The van der Waals surface area contributed by atoms with Crippen molar-refractivity contribution in [3.8, 4) is 12.3 Å². The first kappa shape index (κ1) is 12.0. The quantitative estimate of drug-likeness (QED) is 0.730. The van der Waals surface area contributed by atoms with Gasteiger partial charge in [-0.05, 0) is 39.0 Å². The van der Waals surface area contributed by atoms with Crippen molar-refractivity contribution in [1.82, 2.24) is 10.2 Å². The highest BCUT2D eigenvalue weighted by molar-refractivity contribution is 5.12. The van der Waals surface area contributed by atoms with Gasteiger partial charge >= 0.3 is 0 Å². The lowest BCUT2D eigenvalue weighted by Crippen LogP contribution is -2.62. The van der Waals surface area contributed by atoms with Crippen LogP contribution in [0.1, 0.15) is 40.0 Å². The van der Waals surface area contributed by atoms with Crippen molar-refractivity contribution in [2.45, 2.75) is 57.7 Å². The Balaban J connectivity index is 2.07. The summed E-state index contributed by atoms with van der Waals surface area (Å²) in [5, 5.41) is 3.70. The van der Waals surface area contributed by atoms with Crippen LogP contribution in [-0.2, 0) is 0 Å². The van der Waals surface area contributed by atoms with Crippen molar-refractivity contribution >= 4 is 0 Å². The molecule has 0 aromatic heterocycles. The third kappa shape index (κ3) is 2.26. The molecule has 2 heteroatoms. The van der Waals surface area contributed by atoms with Gasteiger partial charge in [0.25, 0.3) is 0 Å². The first-order chi connectivity index (χ1) is 7.58. The van der Waals surface area contributed by atoms with Gasteiger partial charge in [-0.2, -0.15) is 0 Å². The smallest absolute Gasteiger partial charge is 0.0769 e. The van der Waals surface area contributed by atoms with E-state index in [1.165, 1.54) is 19.3 Å². The second-order valence-electron chi connectivity index (χ2n) is 5.77. The molecule has 1 saturated heterocycles. The van der Waals surface area contributed by atoms with Gasteiger partial charge in [0, 0.05) is 25.2 Å². The molecule has 1 saturated carbocycles. The molecule has 90 valence electrons. The molecule has 0 spiro atoms. The maximum atomic E-state index is 5.68. The van der Waals surface area contributed by atoms with Crippen molar-refractivity contribution in [3.05, 3.63) is 0 Å². The molecule has 1 aliphatic carbocycles. The van der Waals surface area contributed by atoms with E-state index in [-0.39, 0.29) is 5.54 Å². The fraction of sp³-hybridized carbons (Fsp3) is 0.857. The van der Waals surface area contributed by atoms with Crippen LogP contribution in [0.15, 0.2) is 0 Å². The van der Waals surface area contributed by atoms with Crippen LogP contribution in [0.2, 0.25) is 0 Å². The van der Waals surface area contributed by atoms with Crippen LogP contribution < -0.4 is 5.32 Å². The van der Waals surface area contributed by atoms with E-state index in [0.29, 0.717) is 12.1 Å². The van der Waals surface area contributed by atoms with Crippen molar-refractivity contribution in [2.24, 2.45) is 5.92 Å². The molecule has 1 heterocycles. The summed E-state index contributed by atoms with van der Waals surface area (Å²) < 4.78 is 0. The van der Waals surface area contributed by atoms with E-state index in [4.69, 9.17) is 6.42 Å². The summed E-state index contributed by atoms with van der Waals surface area (Å²) >= 11 is 0. The van der Waals surface area contributed by atoms with Crippen LogP contribution in [0.25, 0.3) is 0 Å². The average Bonchev–Trinajstić information content (AvgIpc) is 3.12. The van der Waals surface area contributed by atoms with E-state index in [9.17, 15) is 0 Å². The Bertz CT molecular complexity index is 286. The molecule has 1 aliphatic heterocycles. The fourth-order valence-corrected chi connectivity index (χ4v) is 2.77. The predicted molar refractivity (Wildman–Crippen MR) is 68.2 cm³/mol. The molecule has 1 N–H and O–H groups in total. The van der Waals surface area contributed by atoms with E-state index in [2.05, 4.69) is 36.9 Å². The number of terminal acetylenes is 1. The molecule has 2 fully saturated rings. The average molecular weight is 220 g/mol. The lowest BCUT2D eigenvalue weighted by Gasteiger charge is -2.47. The van der Waals surface area contributed by atoms with E-state index < -0.39 is 0 Å². The maximum absolute atomic E-state index is 5.68. The van der Waals surface area contributed by atoms with Crippen molar-refractivity contribution in [3.63, 3.8) is 0 Å². The summed E-state index contributed by atoms with van der Waals surface area (Å²) in [6.45, 7) is 8.82. The number of nitrogens with zero attached hydrogens (tertiary/aromatic N) is 1. The Morgan fingerprint density at radius 3 is 2.62 bits per heavy atom. The first-order valence-electron chi connectivity index (χ1n) is 6.56. The highest BCUT2D eigenvalue weighted by Crippen LogP contribution is 2.35. The predicted octanol–water partition coefficient (Wildman–Crippen LogP) is 1.86. The van der Waals surface area contributed by atoms with Crippen LogP contribution in [0.5, 0.6) is 0 Å². The zero-order valence-corrected chi connectivity index (χ0v) is 10.8. The lowest BCUT2D eigenvalue weighted by molar-refractivity contribution is 0.0558. The molecule has 2 atom stereocenters. The zero-order valence-electron chi connectivity index (χ0n) is 10.8. The maximum Gasteiger partial charge on any atom is 0.0769 e.